The lowest BCUT2D eigenvalue weighted by Crippen LogP contribution is -2.44. The quantitative estimate of drug-likeness (QED) is 0.263. The normalized spacial score (nSPS) is 11.9. The molecule has 7 heteroatoms. The molecule has 0 bridgehead atoms. The lowest BCUT2D eigenvalue weighted by molar-refractivity contribution is -0.120. The lowest BCUT2D eigenvalue weighted by Gasteiger charge is -2.18. The molecule has 0 saturated heterocycles. The van der Waals surface area contributed by atoms with Gasteiger partial charge in [0.25, 0.3) is 0 Å². The van der Waals surface area contributed by atoms with Crippen molar-refractivity contribution in [3.8, 4) is 0 Å². The number of carbonyl (C=O) groups is 1. The molecule has 4 N–H and O–H groups in total. The third-order valence-corrected chi connectivity index (χ3v) is 3.98. The van der Waals surface area contributed by atoms with Gasteiger partial charge in [0.2, 0.25) is 5.91 Å². The SMILES string of the molecule is CN=C(NCC(=O)NCc1ccccc1)NCC(CO)c1ccccc1.I. The van der Waals surface area contributed by atoms with Gasteiger partial charge in [-0.15, -0.1) is 24.0 Å². The number of guanidine groups is 1. The molecule has 0 fully saturated rings. The Morgan fingerprint density at radius 1 is 1.00 bits per heavy atom. The van der Waals surface area contributed by atoms with Gasteiger partial charge < -0.3 is 21.1 Å². The maximum absolute atomic E-state index is 12.0. The molecule has 2 aromatic carbocycles. The summed E-state index contributed by atoms with van der Waals surface area (Å²) in [5, 5.41) is 18.6. The van der Waals surface area contributed by atoms with Crippen molar-refractivity contribution in [2.45, 2.75) is 12.5 Å². The van der Waals surface area contributed by atoms with Gasteiger partial charge in [0.05, 0.1) is 13.2 Å². The van der Waals surface area contributed by atoms with E-state index in [1.165, 1.54) is 0 Å². The van der Waals surface area contributed by atoms with Crippen LogP contribution in [0.2, 0.25) is 0 Å². The highest BCUT2D eigenvalue weighted by atomic mass is 127. The minimum Gasteiger partial charge on any atom is -0.396 e. The Bertz CT molecular complexity index is 696. The number of halogens is 1. The topological polar surface area (TPSA) is 85.8 Å². The number of hydrogen-bond donors (Lipinski definition) is 4. The minimum atomic E-state index is -0.112. The van der Waals surface area contributed by atoms with Gasteiger partial charge in [-0.1, -0.05) is 60.7 Å². The molecule has 0 saturated carbocycles. The first-order valence-corrected chi connectivity index (χ1v) is 8.64. The van der Waals surface area contributed by atoms with Crippen molar-refractivity contribution in [2.75, 3.05) is 26.7 Å². The third kappa shape index (κ3) is 8.40. The van der Waals surface area contributed by atoms with E-state index >= 15 is 0 Å². The molecule has 146 valence electrons. The molecule has 0 aliphatic heterocycles. The van der Waals surface area contributed by atoms with E-state index in [1.54, 1.807) is 7.05 Å². The Labute approximate surface area is 177 Å². The monoisotopic (exact) mass is 482 g/mol. The summed E-state index contributed by atoms with van der Waals surface area (Å²) >= 11 is 0. The van der Waals surface area contributed by atoms with Gasteiger partial charge in [0.1, 0.15) is 0 Å². The zero-order valence-electron chi connectivity index (χ0n) is 15.4. The van der Waals surface area contributed by atoms with Crippen LogP contribution in [-0.2, 0) is 11.3 Å². The molecular formula is C20H27IN4O2. The van der Waals surface area contributed by atoms with E-state index < -0.39 is 0 Å². The van der Waals surface area contributed by atoms with Crippen LogP contribution in [0.15, 0.2) is 65.7 Å². The molecule has 0 aromatic heterocycles. The number of hydrogen-bond acceptors (Lipinski definition) is 3. The summed E-state index contributed by atoms with van der Waals surface area (Å²) in [5.41, 5.74) is 2.11. The van der Waals surface area contributed by atoms with Gasteiger partial charge in [-0.25, -0.2) is 0 Å². The predicted octanol–water partition coefficient (Wildman–Crippen LogP) is 1.86. The Morgan fingerprint density at radius 3 is 2.22 bits per heavy atom. The van der Waals surface area contributed by atoms with Gasteiger partial charge in [0.15, 0.2) is 5.96 Å². The van der Waals surface area contributed by atoms with E-state index in [-0.39, 0.29) is 49.0 Å². The van der Waals surface area contributed by atoms with E-state index in [2.05, 4.69) is 20.9 Å². The fraction of sp³-hybridized carbons (Fsp3) is 0.300. The lowest BCUT2D eigenvalue weighted by atomic mass is 10.0. The summed E-state index contributed by atoms with van der Waals surface area (Å²) in [7, 11) is 1.65. The molecule has 1 amide bonds. The maximum Gasteiger partial charge on any atom is 0.239 e. The largest absolute Gasteiger partial charge is 0.396 e. The Balaban J connectivity index is 0.00000364. The second-order valence-corrected chi connectivity index (χ2v) is 5.86. The summed E-state index contributed by atoms with van der Waals surface area (Å²) < 4.78 is 0. The predicted molar refractivity (Wildman–Crippen MR) is 119 cm³/mol. The number of carbonyl (C=O) groups excluding carboxylic acids is 1. The average Bonchev–Trinajstić information content (AvgIpc) is 2.70. The molecule has 0 aliphatic rings. The highest BCUT2D eigenvalue weighted by Gasteiger charge is 2.11. The van der Waals surface area contributed by atoms with E-state index in [9.17, 15) is 9.90 Å². The standard InChI is InChI=1S/C20H26N4O2.HI/c1-21-20(23-13-18(15-25)17-10-6-3-7-11-17)24-14-19(26)22-12-16-8-4-2-5-9-16;/h2-11,18,25H,12-15H2,1H3,(H,22,26)(H2,21,23,24);1H. The van der Waals surface area contributed by atoms with Crippen LogP contribution in [0.5, 0.6) is 0 Å². The van der Waals surface area contributed by atoms with Crippen molar-refractivity contribution in [1.29, 1.82) is 0 Å². The first-order valence-electron chi connectivity index (χ1n) is 8.64. The first-order chi connectivity index (χ1) is 12.7. The average molecular weight is 482 g/mol. The number of nitrogens with zero attached hydrogens (tertiary/aromatic N) is 1. The van der Waals surface area contributed by atoms with Crippen LogP contribution in [0, 0.1) is 0 Å². The number of rotatable bonds is 8. The van der Waals surface area contributed by atoms with Crippen LogP contribution in [0.4, 0.5) is 0 Å². The summed E-state index contributed by atoms with van der Waals surface area (Å²) in [6, 6.07) is 19.6. The van der Waals surface area contributed by atoms with Gasteiger partial charge in [0, 0.05) is 26.1 Å². The van der Waals surface area contributed by atoms with Crippen molar-refractivity contribution in [3.63, 3.8) is 0 Å². The molecule has 1 atom stereocenters. The van der Waals surface area contributed by atoms with Crippen molar-refractivity contribution >= 4 is 35.8 Å². The molecule has 27 heavy (non-hydrogen) atoms. The van der Waals surface area contributed by atoms with Crippen LogP contribution < -0.4 is 16.0 Å². The number of nitrogens with one attached hydrogen (secondary N) is 3. The van der Waals surface area contributed by atoms with Crippen molar-refractivity contribution in [3.05, 3.63) is 71.8 Å². The van der Waals surface area contributed by atoms with Crippen molar-refractivity contribution < 1.29 is 9.90 Å². The van der Waals surface area contributed by atoms with Gasteiger partial charge in [-0.2, -0.15) is 0 Å². The second kappa shape index (κ2) is 13.1. The second-order valence-electron chi connectivity index (χ2n) is 5.86. The van der Waals surface area contributed by atoms with Crippen LogP contribution in [0.25, 0.3) is 0 Å². The number of benzene rings is 2. The molecule has 2 aromatic rings. The summed E-state index contributed by atoms with van der Waals surface area (Å²) in [4.78, 5) is 16.1. The Morgan fingerprint density at radius 2 is 1.63 bits per heavy atom. The smallest absolute Gasteiger partial charge is 0.239 e. The van der Waals surface area contributed by atoms with Crippen LogP contribution >= 0.6 is 24.0 Å². The van der Waals surface area contributed by atoms with E-state index in [0.717, 1.165) is 11.1 Å². The van der Waals surface area contributed by atoms with Gasteiger partial charge in [-0.05, 0) is 11.1 Å². The highest BCUT2D eigenvalue weighted by molar-refractivity contribution is 14.0. The zero-order valence-corrected chi connectivity index (χ0v) is 17.7. The van der Waals surface area contributed by atoms with E-state index in [4.69, 9.17) is 0 Å². The Kier molecular flexibility index (Phi) is 11.1. The van der Waals surface area contributed by atoms with Crippen LogP contribution in [-0.4, -0.2) is 43.7 Å². The minimum absolute atomic E-state index is 0. The van der Waals surface area contributed by atoms with Gasteiger partial charge >= 0.3 is 0 Å². The third-order valence-electron chi connectivity index (χ3n) is 3.98. The van der Waals surface area contributed by atoms with Crippen molar-refractivity contribution in [1.82, 2.24) is 16.0 Å². The maximum atomic E-state index is 12.0. The summed E-state index contributed by atoms with van der Waals surface area (Å²) in [5.74, 6) is 0.370. The number of aliphatic hydroxyl groups excluding tert-OH is 1. The number of aliphatic hydroxyl groups is 1. The molecule has 0 aliphatic carbocycles. The van der Waals surface area contributed by atoms with Crippen molar-refractivity contribution in [2.24, 2.45) is 4.99 Å². The molecular weight excluding hydrogens is 455 g/mol. The number of aliphatic imine (C=N–C) groups is 1. The molecule has 6 nitrogen and oxygen atoms in total. The van der Waals surface area contributed by atoms with Crippen LogP contribution in [0.3, 0.4) is 0 Å². The molecule has 0 radical (unpaired) electrons. The molecule has 0 heterocycles. The van der Waals surface area contributed by atoms with Gasteiger partial charge in [-0.3, -0.25) is 9.79 Å². The summed E-state index contributed by atoms with van der Waals surface area (Å²) in [6.07, 6.45) is 0. The molecule has 0 spiro atoms. The van der Waals surface area contributed by atoms with E-state index in [1.807, 2.05) is 60.7 Å². The fourth-order valence-corrected chi connectivity index (χ4v) is 2.48. The molecule has 2 rings (SSSR count). The molecule has 1 unspecified atom stereocenters. The first kappa shape index (κ1) is 22.9. The highest BCUT2D eigenvalue weighted by Crippen LogP contribution is 2.13. The van der Waals surface area contributed by atoms with Crippen LogP contribution in [0.1, 0.15) is 17.0 Å². The Hall–Kier alpha value is -2.13. The number of amides is 1. The fourth-order valence-electron chi connectivity index (χ4n) is 2.48. The zero-order chi connectivity index (χ0) is 18.6. The van der Waals surface area contributed by atoms with E-state index in [0.29, 0.717) is 19.0 Å². The summed E-state index contributed by atoms with van der Waals surface area (Å²) in [6.45, 7) is 1.17.